The van der Waals surface area contributed by atoms with E-state index in [9.17, 15) is 0 Å². The fourth-order valence-electron chi connectivity index (χ4n) is 4.09. The van der Waals surface area contributed by atoms with E-state index in [1.165, 1.54) is 64.6 Å². The first-order valence-electron chi connectivity index (χ1n) is 8.83. The Labute approximate surface area is 126 Å². The summed E-state index contributed by atoms with van der Waals surface area (Å²) in [5, 5.41) is 3.75. The van der Waals surface area contributed by atoms with Crippen LogP contribution in [0.5, 0.6) is 0 Å². The number of piperidine rings is 1. The summed E-state index contributed by atoms with van der Waals surface area (Å²) in [6, 6.07) is 1.58. The average molecular weight is 281 g/mol. The first-order chi connectivity index (χ1) is 9.70. The summed E-state index contributed by atoms with van der Waals surface area (Å²) in [4.78, 5) is 5.14. The Morgan fingerprint density at radius 2 is 1.75 bits per heavy atom. The molecule has 1 heterocycles. The summed E-state index contributed by atoms with van der Waals surface area (Å²) in [6.07, 6.45) is 9.82. The van der Waals surface area contributed by atoms with Gasteiger partial charge in [-0.25, -0.2) is 0 Å². The van der Waals surface area contributed by atoms with Crippen LogP contribution in [0.1, 0.15) is 51.9 Å². The second kappa shape index (κ2) is 8.35. The molecule has 2 rings (SSSR count). The highest BCUT2D eigenvalue weighted by molar-refractivity contribution is 4.84. The zero-order valence-corrected chi connectivity index (χ0v) is 13.9. The molecule has 0 aromatic heterocycles. The topological polar surface area (TPSA) is 18.5 Å². The summed E-state index contributed by atoms with van der Waals surface area (Å²) >= 11 is 0. The third kappa shape index (κ3) is 4.71. The molecule has 1 N–H and O–H groups in total. The minimum Gasteiger partial charge on any atom is -0.314 e. The van der Waals surface area contributed by atoms with Crippen molar-refractivity contribution < 1.29 is 0 Å². The minimum atomic E-state index is 0.760. The molecule has 0 aromatic carbocycles. The highest BCUT2D eigenvalue weighted by atomic mass is 15.2. The molecule has 3 heteroatoms. The monoisotopic (exact) mass is 281 g/mol. The Hall–Kier alpha value is -0.120. The molecule has 2 unspecified atom stereocenters. The lowest BCUT2D eigenvalue weighted by molar-refractivity contribution is 0.118. The van der Waals surface area contributed by atoms with Gasteiger partial charge in [-0.2, -0.15) is 0 Å². The van der Waals surface area contributed by atoms with E-state index in [1.54, 1.807) is 0 Å². The fourth-order valence-corrected chi connectivity index (χ4v) is 4.09. The molecule has 2 atom stereocenters. The van der Waals surface area contributed by atoms with Crippen molar-refractivity contribution in [3.8, 4) is 0 Å². The molecule has 1 saturated carbocycles. The maximum absolute atomic E-state index is 3.75. The molecule has 0 bridgehead atoms. The molecule has 0 aromatic rings. The molecular formula is C17H35N3. The lowest BCUT2D eigenvalue weighted by atomic mass is 9.92. The lowest BCUT2D eigenvalue weighted by Crippen LogP contribution is -2.47. The third-order valence-corrected chi connectivity index (χ3v) is 5.46. The molecule has 1 aliphatic heterocycles. The predicted molar refractivity (Wildman–Crippen MR) is 87.2 cm³/mol. The lowest BCUT2D eigenvalue weighted by Gasteiger charge is -2.38. The van der Waals surface area contributed by atoms with Gasteiger partial charge in [0.1, 0.15) is 0 Å². The van der Waals surface area contributed by atoms with Gasteiger partial charge in [-0.3, -0.25) is 0 Å². The van der Waals surface area contributed by atoms with E-state index in [4.69, 9.17) is 0 Å². The highest BCUT2D eigenvalue weighted by Crippen LogP contribution is 2.26. The van der Waals surface area contributed by atoms with Crippen LogP contribution in [0, 0.1) is 5.92 Å². The molecule has 2 fully saturated rings. The van der Waals surface area contributed by atoms with Crippen LogP contribution in [0.3, 0.4) is 0 Å². The van der Waals surface area contributed by atoms with Gasteiger partial charge in [0, 0.05) is 18.6 Å². The van der Waals surface area contributed by atoms with Crippen molar-refractivity contribution in [2.24, 2.45) is 5.92 Å². The molecule has 0 radical (unpaired) electrons. The predicted octanol–water partition coefficient (Wildman–Crippen LogP) is 2.57. The van der Waals surface area contributed by atoms with E-state index in [-0.39, 0.29) is 0 Å². The zero-order valence-electron chi connectivity index (χ0n) is 13.9. The SMILES string of the molecule is CCNC1CCCCCC1CN(C)C1CCN(C)CC1. The van der Waals surface area contributed by atoms with E-state index in [1.807, 2.05) is 0 Å². The van der Waals surface area contributed by atoms with Crippen LogP contribution < -0.4 is 5.32 Å². The average Bonchev–Trinajstić information content (AvgIpc) is 2.66. The van der Waals surface area contributed by atoms with Crippen LogP contribution in [-0.4, -0.2) is 62.2 Å². The molecule has 3 nitrogen and oxygen atoms in total. The fraction of sp³-hybridized carbons (Fsp3) is 1.00. The van der Waals surface area contributed by atoms with E-state index >= 15 is 0 Å². The number of nitrogens with one attached hydrogen (secondary N) is 1. The number of rotatable bonds is 5. The largest absolute Gasteiger partial charge is 0.314 e. The van der Waals surface area contributed by atoms with E-state index in [2.05, 4.69) is 36.1 Å². The Kier molecular flexibility index (Phi) is 6.79. The van der Waals surface area contributed by atoms with E-state index in [0.29, 0.717) is 0 Å². The van der Waals surface area contributed by atoms with Gasteiger partial charge in [0.05, 0.1) is 0 Å². The van der Waals surface area contributed by atoms with Gasteiger partial charge in [0.15, 0.2) is 0 Å². The second-order valence-electron chi connectivity index (χ2n) is 7.04. The van der Waals surface area contributed by atoms with Crippen molar-refractivity contribution in [3.05, 3.63) is 0 Å². The molecule has 1 aliphatic carbocycles. The standard InChI is InChI=1S/C17H35N3/c1-4-18-17-9-7-5-6-8-15(17)14-20(3)16-10-12-19(2)13-11-16/h15-18H,4-14H2,1-3H3. The van der Waals surface area contributed by atoms with Crippen LogP contribution >= 0.6 is 0 Å². The molecule has 2 aliphatic rings. The summed E-state index contributed by atoms with van der Waals surface area (Å²) in [6.45, 7) is 7.22. The van der Waals surface area contributed by atoms with Gasteiger partial charge in [0.2, 0.25) is 0 Å². The highest BCUT2D eigenvalue weighted by Gasteiger charge is 2.27. The summed E-state index contributed by atoms with van der Waals surface area (Å²) < 4.78 is 0. The molecular weight excluding hydrogens is 246 g/mol. The molecule has 0 amide bonds. The number of hydrogen-bond donors (Lipinski definition) is 1. The Morgan fingerprint density at radius 3 is 2.45 bits per heavy atom. The van der Waals surface area contributed by atoms with Crippen LogP contribution in [0.4, 0.5) is 0 Å². The van der Waals surface area contributed by atoms with Crippen molar-refractivity contribution in [1.29, 1.82) is 0 Å². The first-order valence-corrected chi connectivity index (χ1v) is 8.83. The van der Waals surface area contributed by atoms with E-state index in [0.717, 1.165) is 24.5 Å². The van der Waals surface area contributed by atoms with Crippen LogP contribution in [0.25, 0.3) is 0 Å². The van der Waals surface area contributed by atoms with Crippen LogP contribution in [0.2, 0.25) is 0 Å². The Balaban J connectivity index is 1.85. The van der Waals surface area contributed by atoms with Crippen molar-refractivity contribution >= 4 is 0 Å². The quantitative estimate of drug-likeness (QED) is 0.781. The molecule has 1 saturated heterocycles. The number of hydrogen-bond acceptors (Lipinski definition) is 3. The van der Waals surface area contributed by atoms with Gasteiger partial charge < -0.3 is 15.1 Å². The van der Waals surface area contributed by atoms with Gasteiger partial charge in [-0.1, -0.05) is 26.2 Å². The molecule has 0 spiro atoms. The molecule has 118 valence electrons. The second-order valence-corrected chi connectivity index (χ2v) is 7.04. The van der Waals surface area contributed by atoms with Gasteiger partial charge in [-0.05, 0) is 65.3 Å². The summed E-state index contributed by atoms with van der Waals surface area (Å²) in [5.74, 6) is 0.863. The maximum Gasteiger partial charge on any atom is 0.0117 e. The van der Waals surface area contributed by atoms with Crippen molar-refractivity contribution in [2.45, 2.75) is 64.0 Å². The third-order valence-electron chi connectivity index (χ3n) is 5.46. The number of nitrogens with zero attached hydrogens (tertiary/aromatic N) is 2. The van der Waals surface area contributed by atoms with E-state index < -0.39 is 0 Å². The van der Waals surface area contributed by atoms with Crippen molar-refractivity contribution in [1.82, 2.24) is 15.1 Å². The first kappa shape index (κ1) is 16.3. The van der Waals surface area contributed by atoms with Gasteiger partial charge in [0.25, 0.3) is 0 Å². The maximum atomic E-state index is 3.75. The minimum absolute atomic E-state index is 0.760. The summed E-state index contributed by atoms with van der Waals surface area (Å²) in [7, 11) is 4.62. The Morgan fingerprint density at radius 1 is 1.05 bits per heavy atom. The van der Waals surface area contributed by atoms with Crippen molar-refractivity contribution in [2.75, 3.05) is 40.3 Å². The smallest absolute Gasteiger partial charge is 0.0117 e. The van der Waals surface area contributed by atoms with Crippen LogP contribution in [-0.2, 0) is 0 Å². The Bertz CT molecular complexity index is 261. The zero-order chi connectivity index (χ0) is 14.4. The normalized spacial score (nSPS) is 30.6. The van der Waals surface area contributed by atoms with Crippen LogP contribution in [0.15, 0.2) is 0 Å². The molecule has 20 heavy (non-hydrogen) atoms. The number of likely N-dealkylation sites (tertiary alicyclic amines) is 1. The van der Waals surface area contributed by atoms with Gasteiger partial charge >= 0.3 is 0 Å². The van der Waals surface area contributed by atoms with Crippen molar-refractivity contribution in [3.63, 3.8) is 0 Å². The van der Waals surface area contributed by atoms with Gasteiger partial charge in [-0.15, -0.1) is 0 Å². The summed E-state index contributed by atoms with van der Waals surface area (Å²) in [5.41, 5.74) is 0.